The van der Waals surface area contributed by atoms with E-state index in [-0.39, 0.29) is 6.61 Å². The van der Waals surface area contributed by atoms with Crippen molar-refractivity contribution in [1.82, 2.24) is 20.1 Å². The van der Waals surface area contributed by atoms with Gasteiger partial charge in [-0.25, -0.2) is 9.67 Å². The van der Waals surface area contributed by atoms with Gasteiger partial charge in [-0.1, -0.05) is 18.2 Å². The van der Waals surface area contributed by atoms with Crippen LogP contribution in [-0.4, -0.2) is 45.2 Å². The van der Waals surface area contributed by atoms with Gasteiger partial charge in [0, 0.05) is 19.0 Å². The molecule has 6 heteroatoms. The Morgan fingerprint density at radius 1 is 1.41 bits per heavy atom. The number of rotatable bonds is 6. The second-order valence-corrected chi connectivity index (χ2v) is 5.68. The van der Waals surface area contributed by atoms with Crippen molar-refractivity contribution in [1.29, 1.82) is 0 Å². The fourth-order valence-electron chi connectivity index (χ4n) is 2.67. The monoisotopic (exact) mass is 302 g/mol. The molecule has 0 radical (unpaired) electrons. The summed E-state index contributed by atoms with van der Waals surface area (Å²) in [4.78, 5) is 4.40. The van der Waals surface area contributed by atoms with Crippen molar-refractivity contribution in [3.05, 3.63) is 42.0 Å². The molecule has 0 fully saturated rings. The maximum atomic E-state index is 10.0. The highest BCUT2D eigenvalue weighted by molar-refractivity contribution is 5.20. The zero-order chi connectivity index (χ0) is 15.4. The SMILES string of the molecule is Cc1nc2n(n1)C[C@@H](NC[C@@H](O)COc1ccccc1)CC2. The van der Waals surface area contributed by atoms with Crippen LogP contribution in [0.5, 0.6) is 5.75 Å². The maximum absolute atomic E-state index is 10.0. The predicted molar refractivity (Wildman–Crippen MR) is 82.8 cm³/mol. The maximum Gasteiger partial charge on any atom is 0.147 e. The normalized spacial score (nSPS) is 18.7. The summed E-state index contributed by atoms with van der Waals surface area (Å²) in [5.41, 5.74) is 0. The number of hydrogen-bond acceptors (Lipinski definition) is 5. The summed E-state index contributed by atoms with van der Waals surface area (Å²) in [5, 5.41) is 17.8. The van der Waals surface area contributed by atoms with Crippen molar-refractivity contribution >= 4 is 0 Å². The number of hydrogen-bond donors (Lipinski definition) is 2. The van der Waals surface area contributed by atoms with Crippen molar-refractivity contribution in [2.24, 2.45) is 0 Å². The lowest BCUT2D eigenvalue weighted by Gasteiger charge is -2.24. The van der Waals surface area contributed by atoms with Gasteiger partial charge in [0.2, 0.25) is 0 Å². The molecule has 0 bridgehead atoms. The number of aliphatic hydroxyl groups is 1. The van der Waals surface area contributed by atoms with Gasteiger partial charge in [0.25, 0.3) is 0 Å². The van der Waals surface area contributed by atoms with Crippen LogP contribution in [0.1, 0.15) is 18.1 Å². The van der Waals surface area contributed by atoms with Crippen molar-refractivity contribution in [3.63, 3.8) is 0 Å². The van der Waals surface area contributed by atoms with Crippen LogP contribution in [0.4, 0.5) is 0 Å². The first kappa shape index (κ1) is 15.0. The smallest absolute Gasteiger partial charge is 0.147 e. The summed E-state index contributed by atoms with van der Waals surface area (Å²) >= 11 is 0. The van der Waals surface area contributed by atoms with E-state index >= 15 is 0 Å². The van der Waals surface area contributed by atoms with Gasteiger partial charge in [-0.05, 0) is 25.5 Å². The highest BCUT2D eigenvalue weighted by Gasteiger charge is 2.21. The third-order valence-electron chi connectivity index (χ3n) is 3.79. The molecule has 0 aliphatic carbocycles. The number of benzene rings is 1. The molecule has 2 atom stereocenters. The molecule has 118 valence electrons. The Morgan fingerprint density at radius 3 is 3.05 bits per heavy atom. The lowest BCUT2D eigenvalue weighted by atomic mass is 10.1. The Morgan fingerprint density at radius 2 is 2.23 bits per heavy atom. The minimum absolute atomic E-state index is 0.289. The van der Waals surface area contributed by atoms with E-state index in [9.17, 15) is 5.11 Å². The van der Waals surface area contributed by atoms with Crippen LogP contribution in [-0.2, 0) is 13.0 Å². The van der Waals surface area contributed by atoms with E-state index < -0.39 is 6.10 Å². The second-order valence-electron chi connectivity index (χ2n) is 5.68. The van der Waals surface area contributed by atoms with Crippen molar-refractivity contribution < 1.29 is 9.84 Å². The van der Waals surface area contributed by atoms with Gasteiger partial charge in [0.1, 0.15) is 30.1 Å². The van der Waals surface area contributed by atoms with E-state index in [0.717, 1.165) is 36.8 Å². The molecule has 3 rings (SSSR count). The molecule has 0 unspecified atom stereocenters. The van der Waals surface area contributed by atoms with E-state index in [1.165, 1.54) is 0 Å². The Labute approximate surface area is 130 Å². The first-order valence-electron chi connectivity index (χ1n) is 7.70. The number of nitrogens with zero attached hydrogens (tertiary/aromatic N) is 3. The van der Waals surface area contributed by atoms with E-state index in [2.05, 4.69) is 15.4 Å². The number of nitrogens with one attached hydrogen (secondary N) is 1. The number of aryl methyl sites for hydroxylation is 2. The predicted octanol–water partition coefficient (Wildman–Crippen LogP) is 0.931. The minimum Gasteiger partial charge on any atom is -0.491 e. The first-order chi connectivity index (χ1) is 10.7. The molecule has 0 saturated heterocycles. The Hall–Kier alpha value is -1.92. The van der Waals surface area contributed by atoms with Crippen LogP contribution in [0.2, 0.25) is 0 Å². The summed E-state index contributed by atoms with van der Waals surface area (Å²) < 4.78 is 7.51. The molecule has 2 aromatic rings. The van der Waals surface area contributed by atoms with Crippen LogP contribution < -0.4 is 10.1 Å². The summed E-state index contributed by atoms with van der Waals surface area (Å²) in [5.74, 6) is 2.66. The molecule has 22 heavy (non-hydrogen) atoms. The number of para-hydroxylation sites is 1. The summed E-state index contributed by atoms with van der Waals surface area (Å²) in [6.07, 6.45) is 1.42. The van der Waals surface area contributed by atoms with Gasteiger partial charge < -0.3 is 15.2 Å². The van der Waals surface area contributed by atoms with Gasteiger partial charge >= 0.3 is 0 Å². The number of fused-ring (bicyclic) bond motifs is 1. The average Bonchev–Trinajstić information content (AvgIpc) is 2.91. The quantitative estimate of drug-likeness (QED) is 0.830. The fourth-order valence-corrected chi connectivity index (χ4v) is 2.67. The second kappa shape index (κ2) is 6.89. The average molecular weight is 302 g/mol. The molecule has 1 aliphatic heterocycles. The van der Waals surface area contributed by atoms with E-state index in [1.807, 2.05) is 41.9 Å². The summed E-state index contributed by atoms with van der Waals surface area (Å²) in [6.45, 7) is 3.53. The summed E-state index contributed by atoms with van der Waals surface area (Å²) in [7, 11) is 0. The van der Waals surface area contributed by atoms with Gasteiger partial charge in [-0.15, -0.1) is 0 Å². The molecular weight excluding hydrogens is 280 g/mol. The van der Waals surface area contributed by atoms with E-state index in [1.54, 1.807) is 0 Å². The zero-order valence-electron chi connectivity index (χ0n) is 12.8. The van der Waals surface area contributed by atoms with Crippen molar-refractivity contribution in [2.75, 3.05) is 13.2 Å². The minimum atomic E-state index is -0.529. The molecular formula is C16H22N4O2. The highest BCUT2D eigenvalue weighted by Crippen LogP contribution is 2.13. The van der Waals surface area contributed by atoms with E-state index in [0.29, 0.717) is 12.6 Å². The molecule has 1 aromatic carbocycles. The standard InChI is InChI=1S/C16H22N4O2/c1-12-18-16-8-7-13(10-20(16)19-12)17-9-14(21)11-22-15-5-3-2-4-6-15/h2-6,13-14,17,21H,7-11H2,1H3/t13-,14+/m0/s1. The first-order valence-corrected chi connectivity index (χ1v) is 7.70. The van der Waals surface area contributed by atoms with Crippen LogP contribution in [0.15, 0.2) is 30.3 Å². The molecule has 1 aliphatic rings. The largest absolute Gasteiger partial charge is 0.491 e. The Bertz CT molecular complexity index is 599. The molecule has 0 amide bonds. The molecule has 0 saturated carbocycles. The Balaban J connectivity index is 1.41. The van der Waals surface area contributed by atoms with E-state index in [4.69, 9.17) is 4.74 Å². The van der Waals surface area contributed by atoms with Crippen LogP contribution >= 0.6 is 0 Å². The van der Waals surface area contributed by atoms with Gasteiger partial charge in [-0.2, -0.15) is 5.10 Å². The Kier molecular flexibility index (Phi) is 4.70. The molecule has 0 spiro atoms. The third-order valence-corrected chi connectivity index (χ3v) is 3.79. The van der Waals surface area contributed by atoms with Crippen LogP contribution in [0.25, 0.3) is 0 Å². The number of ether oxygens (including phenoxy) is 1. The zero-order valence-corrected chi connectivity index (χ0v) is 12.8. The molecule has 6 nitrogen and oxygen atoms in total. The molecule has 2 heterocycles. The molecule has 1 aromatic heterocycles. The van der Waals surface area contributed by atoms with Gasteiger partial charge in [0.15, 0.2) is 0 Å². The number of aromatic nitrogens is 3. The van der Waals surface area contributed by atoms with Crippen LogP contribution in [0, 0.1) is 6.92 Å². The van der Waals surface area contributed by atoms with Gasteiger partial charge in [-0.3, -0.25) is 0 Å². The fraction of sp³-hybridized carbons (Fsp3) is 0.500. The lowest BCUT2D eigenvalue weighted by Crippen LogP contribution is -2.42. The van der Waals surface area contributed by atoms with Crippen molar-refractivity contribution in [2.45, 2.75) is 38.5 Å². The summed E-state index contributed by atoms with van der Waals surface area (Å²) in [6, 6.07) is 9.86. The molecule has 2 N–H and O–H groups in total. The highest BCUT2D eigenvalue weighted by atomic mass is 16.5. The van der Waals surface area contributed by atoms with Crippen LogP contribution in [0.3, 0.4) is 0 Å². The van der Waals surface area contributed by atoms with Crippen molar-refractivity contribution in [3.8, 4) is 5.75 Å². The number of aliphatic hydroxyl groups excluding tert-OH is 1. The lowest BCUT2D eigenvalue weighted by molar-refractivity contribution is 0.101. The third kappa shape index (κ3) is 3.84. The topological polar surface area (TPSA) is 72.2 Å². The van der Waals surface area contributed by atoms with Gasteiger partial charge in [0.05, 0.1) is 6.54 Å².